The smallest absolute Gasteiger partial charge is 0.239 e. The summed E-state index contributed by atoms with van der Waals surface area (Å²) in [5, 5.41) is 2.57. The summed E-state index contributed by atoms with van der Waals surface area (Å²) in [7, 11) is -3.59. The fraction of sp³-hybridized carbons (Fsp3) is 0.250. The second-order valence-corrected chi connectivity index (χ2v) is 7.05. The van der Waals surface area contributed by atoms with E-state index in [1.54, 1.807) is 18.3 Å². The molecule has 23 heavy (non-hydrogen) atoms. The number of carbonyl (C=O) groups excluding carboxylic acids is 1. The number of benzene rings is 1. The van der Waals surface area contributed by atoms with E-state index in [1.165, 1.54) is 6.20 Å². The minimum atomic E-state index is -3.59. The van der Waals surface area contributed by atoms with Gasteiger partial charge in [-0.3, -0.25) is 9.78 Å². The van der Waals surface area contributed by atoms with Crippen molar-refractivity contribution < 1.29 is 13.2 Å². The van der Waals surface area contributed by atoms with Gasteiger partial charge in [0.2, 0.25) is 15.9 Å². The number of hydrogen-bond donors (Lipinski definition) is 2. The van der Waals surface area contributed by atoms with Crippen molar-refractivity contribution >= 4 is 21.6 Å². The number of sulfonamides is 1. The zero-order chi connectivity index (χ0) is 16.9. The fourth-order valence-electron chi connectivity index (χ4n) is 2.14. The molecule has 0 aliphatic heterocycles. The van der Waals surface area contributed by atoms with Crippen molar-refractivity contribution in [3.8, 4) is 0 Å². The molecule has 0 saturated heterocycles. The number of carbonyl (C=O) groups is 1. The van der Waals surface area contributed by atoms with Gasteiger partial charge in [0.25, 0.3) is 0 Å². The van der Waals surface area contributed by atoms with Crippen molar-refractivity contribution in [1.82, 2.24) is 9.71 Å². The van der Waals surface area contributed by atoms with Crippen LogP contribution in [0.3, 0.4) is 0 Å². The van der Waals surface area contributed by atoms with Gasteiger partial charge in [-0.1, -0.05) is 18.2 Å². The molecule has 2 aromatic rings. The molecule has 0 bridgehead atoms. The summed E-state index contributed by atoms with van der Waals surface area (Å²) in [5.41, 5.74) is 3.10. The van der Waals surface area contributed by atoms with Gasteiger partial charge in [-0.05, 0) is 42.7 Å². The highest BCUT2D eigenvalue weighted by molar-refractivity contribution is 7.88. The first-order valence-electron chi connectivity index (χ1n) is 7.10. The van der Waals surface area contributed by atoms with Gasteiger partial charge in [0.1, 0.15) is 0 Å². The largest absolute Gasteiger partial charge is 0.324 e. The van der Waals surface area contributed by atoms with E-state index in [1.807, 2.05) is 32.0 Å². The fourth-order valence-corrected chi connectivity index (χ4v) is 3.42. The second-order valence-electron chi connectivity index (χ2n) is 5.24. The van der Waals surface area contributed by atoms with E-state index in [-0.39, 0.29) is 12.3 Å². The van der Waals surface area contributed by atoms with Gasteiger partial charge in [0.15, 0.2) is 0 Å². The van der Waals surface area contributed by atoms with Crippen molar-refractivity contribution in [2.24, 2.45) is 0 Å². The Hall–Kier alpha value is -2.25. The summed E-state index contributed by atoms with van der Waals surface area (Å²) in [6.07, 6.45) is 3.08. The van der Waals surface area contributed by atoms with Crippen molar-refractivity contribution in [2.75, 3.05) is 11.9 Å². The quantitative estimate of drug-likeness (QED) is 0.843. The summed E-state index contributed by atoms with van der Waals surface area (Å²) in [6.45, 7) is 3.42. The second kappa shape index (κ2) is 7.34. The van der Waals surface area contributed by atoms with E-state index in [0.29, 0.717) is 5.69 Å². The lowest BCUT2D eigenvalue weighted by Gasteiger charge is -2.11. The molecule has 0 fully saturated rings. The number of anilines is 1. The van der Waals surface area contributed by atoms with Gasteiger partial charge in [-0.15, -0.1) is 0 Å². The maximum absolute atomic E-state index is 12.2. The van der Waals surface area contributed by atoms with Gasteiger partial charge in [-0.25, -0.2) is 13.1 Å². The average molecular weight is 333 g/mol. The van der Waals surface area contributed by atoms with Crippen LogP contribution >= 0.6 is 0 Å². The molecular formula is C16H19N3O3S. The zero-order valence-electron chi connectivity index (χ0n) is 13.0. The van der Waals surface area contributed by atoms with Crippen LogP contribution in [0.1, 0.15) is 16.7 Å². The first-order valence-corrected chi connectivity index (χ1v) is 8.75. The Morgan fingerprint density at radius 3 is 2.43 bits per heavy atom. The Kier molecular flexibility index (Phi) is 5.46. The molecule has 0 aliphatic rings. The summed E-state index contributed by atoms with van der Waals surface area (Å²) >= 11 is 0. The van der Waals surface area contributed by atoms with Gasteiger partial charge >= 0.3 is 0 Å². The Morgan fingerprint density at radius 1 is 1.13 bits per heavy atom. The average Bonchev–Trinajstić information content (AvgIpc) is 2.50. The molecule has 1 amide bonds. The van der Waals surface area contributed by atoms with E-state index in [4.69, 9.17) is 0 Å². The maximum atomic E-state index is 12.2. The molecule has 1 aromatic carbocycles. The molecule has 0 atom stereocenters. The van der Waals surface area contributed by atoms with Crippen LogP contribution in [0.15, 0.2) is 42.7 Å². The molecule has 0 radical (unpaired) electrons. The SMILES string of the molecule is Cc1cccc(C)c1CS(=O)(=O)NCC(=O)Nc1cccnc1. The Bertz CT molecular complexity index is 769. The summed E-state index contributed by atoms with van der Waals surface area (Å²) in [5.74, 6) is -0.589. The van der Waals surface area contributed by atoms with Crippen LogP contribution in [0, 0.1) is 13.8 Å². The van der Waals surface area contributed by atoms with Gasteiger partial charge in [0.05, 0.1) is 24.2 Å². The van der Waals surface area contributed by atoms with Crippen LogP contribution < -0.4 is 10.0 Å². The minimum Gasteiger partial charge on any atom is -0.324 e. The molecule has 1 aromatic heterocycles. The third-order valence-corrected chi connectivity index (χ3v) is 4.63. The molecule has 7 heteroatoms. The van der Waals surface area contributed by atoms with Crippen molar-refractivity contribution in [3.05, 3.63) is 59.4 Å². The van der Waals surface area contributed by atoms with Crippen molar-refractivity contribution in [3.63, 3.8) is 0 Å². The highest BCUT2D eigenvalue weighted by Crippen LogP contribution is 2.15. The van der Waals surface area contributed by atoms with Crippen LogP contribution in [0.25, 0.3) is 0 Å². The first-order chi connectivity index (χ1) is 10.9. The van der Waals surface area contributed by atoms with E-state index in [2.05, 4.69) is 15.0 Å². The zero-order valence-corrected chi connectivity index (χ0v) is 13.9. The third-order valence-electron chi connectivity index (χ3n) is 3.38. The predicted octanol–water partition coefficient (Wildman–Crippen LogP) is 1.76. The highest BCUT2D eigenvalue weighted by atomic mass is 32.2. The molecule has 0 aliphatic carbocycles. The Labute approximate surface area is 136 Å². The summed E-state index contributed by atoms with van der Waals surface area (Å²) in [4.78, 5) is 15.6. The first kappa shape index (κ1) is 17.1. The third kappa shape index (κ3) is 5.15. The molecule has 2 N–H and O–H groups in total. The number of amides is 1. The topological polar surface area (TPSA) is 88.2 Å². The van der Waals surface area contributed by atoms with Gasteiger partial charge in [0, 0.05) is 6.20 Å². The standard InChI is InChI=1S/C16H19N3O3S/c1-12-5-3-6-13(2)15(12)11-23(21,22)18-10-16(20)19-14-7-4-8-17-9-14/h3-9,18H,10-11H2,1-2H3,(H,19,20). The summed E-state index contributed by atoms with van der Waals surface area (Å²) in [6, 6.07) is 8.98. The van der Waals surface area contributed by atoms with E-state index >= 15 is 0 Å². The van der Waals surface area contributed by atoms with Gasteiger partial charge in [-0.2, -0.15) is 0 Å². The van der Waals surface area contributed by atoms with Crippen LogP contribution in [0.5, 0.6) is 0 Å². The maximum Gasteiger partial charge on any atom is 0.239 e. The number of hydrogen-bond acceptors (Lipinski definition) is 4. The molecule has 0 spiro atoms. The number of nitrogens with zero attached hydrogens (tertiary/aromatic N) is 1. The molecule has 0 saturated carbocycles. The monoisotopic (exact) mass is 333 g/mol. The van der Waals surface area contributed by atoms with Crippen molar-refractivity contribution in [1.29, 1.82) is 0 Å². The molecule has 0 unspecified atom stereocenters. The predicted molar refractivity (Wildman–Crippen MR) is 89.4 cm³/mol. The number of nitrogens with one attached hydrogen (secondary N) is 2. The number of rotatable bonds is 6. The molecule has 1 heterocycles. The lowest BCUT2D eigenvalue weighted by molar-refractivity contribution is -0.115. The minimum absolute atomic E-state index is 0.147. The number of pyridine rings is 1. The molecule has 2 rings (SSSR count). The van der Waals surface area contributed by atoms with Gasteiger partial charge < -0.3 is 5.32 Å². The Morgan fingerprint density at radius 2 is 1.83 bits per heavy atom. The van der Waals surface area contributed by atoms with Crippen LogP contribution in [0.2, 0.25) is 0 Å². The molecular weight excluding hydrogens is 314 g/mol. The van der Waals surface area contributed by atoms with Crippen LogP contribution in [-0.4, -0.2) is 25.9 Å². The molecule has 122 valence electrons. The van der Waals surface area contributed by atoms with Crippen molar-refractivity contribution in [2.45, 2.75) is 19.6 Å². The highest BCUT2D eigenvalue weighted by Gasteiger charge is 2.16. The number of aryl methyl sites for hydroxylation is 2. The van der Waals surface area contributed by atoms with E-state index in [9.17, 15) is 13.2 Å². The van der Waals surface area contributed by atoms with Crippen LogP contribution in [-0.2, 0) is 20.6 Å². The van der Waals surface area contributed by atoms with E-state index in [0.717, 1.165) is 16.7 Å². The normalized spacial score (nSPS) is 11.2. The van der Waals surface area contributed by atoms with E-state index < -0.39 is 15.9 Å². The van der Waals surface area contributed by atoms with Crippen LogP contribution in [0.4, 0.5) is 5.69 Å². The lowest BCUT2D eigenvalue weighted by atomic mass is 10.1. The summed E-state index contributed by atoms with van der Waals surface area (Å²) < 4.78 is 26.6. The Balaban J connectivity index is 1.95. The number of aromatic nitrogens is 1. The molecule has 6 nitrogen and oxygen atoms in total. The lowest BCUT2D eigenvalue weighted by Crippen LogP contribution is -2.33.